The fourth-order valence-electron chi connectivity index (χ4n) is 2.49. The normalized spacial score (nSPS) is 20.8. The molecule has 1 N–H and O–H groups in total. The van der Waals surface area contributed by atoms with Crippen LogP contribution in [0, 0.1) is 0 Å². The molecule has 1 atom stereocenters. The second kappa shape index (κ2) is 4.88. The summed E-state index contributed by atoms with van der Waals surface area (Å²) in [6.45, 7) is 1.16. The Morgan fingerprint density at radius 2 is 2.24 bits per heavy atom. The molecular formula is C14H18N2O. The fourth-order valence-corrected chi connectivity index (χ4v) is 2.49. The average Bonchev–Trinajstić information content (AvgIpc) is 2.80. The van der Waals surface area contributed by atoms with Crippen LogP contribution in [-0.2, 0) is 6.42 Å². The summed E-state index contributed by atoms with van der Waals surface area (Å²) in [5.41, 5.74) is 1.87. The van der Waals surface area contributed by atoms with E-state index in [-0.39, 0.29) is 0 Å². The van der Waals surface area contributed by atoms with Crippen LogP contribution in [0.15, 0.2) is 28.7 Å². The molecule has 3 nitrogen and oxygen atoms in total. The SMILES string of the molecule is c1ccc2oc(CCC3CCCCN3)nc2c1. The van der Waals surface area contributed by atoms with Crippen molar-refractivity contribution in [3.8, 4) is 0 Å². The Hall–Kier alpha value is -1.35. The number of piperidine rings is 1. The predicted octanol–water partition coefficient (Wildman–Crippen LogP) is 2.90. The predicted molar refractivity (Wildman–Crippen MR) is 68.0 cm³/mol. The standard InChI is InChI=1S/C14H18N2O/c1-2-7-13-12(6-1)16-14(17-13)9-8-11-5-3-4-10-15-11/h1-2,6-7,11,15H,3-5,8-10H2. The number of hydrogen-bond acceptors (Lipinski definition) is 3. The van der Waals surface area contributed by atoms with Crippen LogP contribution >= 0.6 is 0 Å². The van der Waals surface area contributed by atoms with Gasteiger partial charge in [-0.25, -0.2) is 4.98 Å². The molecule has 0 bridgehead atoms. The Kier molecular flexibility index (Phi) is 3.10. The molecule has 1 aliphatic rings. The second-order valence-electron chi connectivity index (χ2n) is 4.76. The topological polar surface area (TPSA) is 38.1 Å². The largest absolute Gasteiger partial charge is 0.441 e. The second-order valence-corrected chi connectivity index (χ2v) is 4.76. The maximum absolute atomic E-state index is 5.72. The number of nitrogens with zero attached hydrogens (tertiary/aromatic N) is 1. The molecule has 0 radical (unpaired) electrons. The molecule has 3 rings (SSSR count). The highest BCUT2D eigenvalue weighted by Crippen LogP contribution is 2.17. The highest BCUT2D eigenvalue weighted by Gasteiger charge is 2.13. The minimum Gasteiger partial charge on any atom is -0.441 e. The smallest absolute Gasteiger partial charge is 0.195 e. The van der Waals surface area contributed by atoms with Gasteiger partial charge in [-0.15, -0.1) is 0 Å². The number of aryl methyl sites for hydroxylation is 1. The van der Waals surface area contributed by atoms with Gasteiger partial charge in [0.15, 0.2) is 11.5 Å². The van der Waals surface area contributed by atoms with Gasteiger partial charge in [0.05, 0.1) is 0 Å². The zero-order valence-corrected chi connectivity index (χ0v) is 9.98. The van der Waals surface area contributed by atoms with Gasteiger partial charge in [0.2, 0.25) is 0 Å². The minimum atomic E-state index is 0.652. The lowest BCUT2D eigenvalue weighted by atomic mass is 10.0. The van der Waals surface area contributed by atoms with Gasteiger partial charge in [0, 0.05) is 12.5 Å². The van der Waals surface area contributed by atoms with Crippen LogP contribution in [0.4, 0.5) is 0 Å². The number of rotatable bonds is 3. The summed E-state index contributed by atoms with van der Waals surface area (Å²) in [5, 5.41) is 3.55. The first-order chi connectivity index (χ1) is 8.42. The number of fused-ring (bicyclic) bond motifs is 1. The van der Waals surface area contributed by atoms with Gasteiger partial charge < -0.3 is 9.73 Å². The first kappa shape index (κ1) is 10.8. The molecule has 3 heteroatoms. The van der Waals surface area contributed by atoms with Crippen molar-refractivity contribution >= 4 is 11.1 Å². The van der Waals surface area contributed by atoms with Crippen LogP contribution in [0.3, 0.4) is 0 Å². The third kappa shape index (κ3) is 2.50. The van der Waals surface area contributed by atoms with E-state index in [1.54, 1.807) is 0 Å². The van der Waals surface area contributed by atoms with Crippen molar-refractivity contribution in [3.05, 3.63) is 30.2 Å². The van der Waals surface area contributed by atoms with E-state index in [9.17, 15) is 0 Å². The molecule has 0 amide bonds. The lowest BCUT2D eigenvalue weighted by molar-refractivity contribution is 0.371. The molecule has 1 aromatic carbocycles. The molecule has 17 heavy (non-hydrogen) atoms. The third-order valence-corrected chi connectivity index (χ3v) is 3.46. The Morgan fingerprint density at radius 3 is 3.06 bits per heavy atom. The molecule has 0 spiro atoms. The van der Waals surface area contributed by atoms with Crippen LogP contribution < -0.4 is 5.32 Å². The van der Waals surface area contributed by atoms with Crippen molar-refractivity contribution < 1.29 is 4.42 Å². The van der Waals surface area contributed by atoms with Crippen molar-refractivity contribution in [2.45, 2.75) is 38.1 Å². The number of oxazole rings is 1. The van der Waals surface area contributed by atoms with Crippen LogP contribution in [0.25, 0.3) is 11.1 Å². The van der Waals surface area contributed by atoms with E-state index < -0.39 is 0 Å². The van der Waals surface area contributed by atoms with E-state index in [2.05, 4.69) is 10.3 Å². The molecule has 90 valence electrons. The fraction of sp³-hybridized carbons (Fsp3) is 0.500. The lowest BCUT2D eigenvalue weighted by Gasteiger charge is -2.22. The number of nitrogens with one attached hydrogen (secondary N) is 1. The minimum absolute atomic E-state index is 0.652. The van der Waals surface area contributed by atoms with Gasteiger partial charge in [-0.3, -0.25) is 0 Å². The molecule has 1 saturated heterocycles. The maximum Gasteiger partial charge on any atom is 0.195 e. The third-order valence-electron chi connectivity index (χ3n) is 3.46. The summed E-state index contributed by atoms with van der Waals surface area (Å²) in [6.07, 6.45) is 6.03. The van der Waals surface area contributed by atoms with Crippen LogP contribution in [0.5, 0.6) is 0 Å². The molecule has 1 aromatic heterocycles. The van der Waals surface area contributed by atoms with E-state index in [1.807, 2.05) is 24.3 Å². The number of para-hydroxylation sites is 2. The van der Waals surface area contributed by atoms with Crippen LogP contribution in [-0.4, -0.2) is 17.6 Å². The van der Waals surface area contributed by atoms with Crippen molar-refractivity contribution in [2.75, 3.05) is 6.54 Å². The van der Waals surface area contributed by atoms with Gasteiger partial charge in [-0.1, -0.05) is 18.6 Å². The zero-order valence-electron chi connectivity index (χ0n) is 9.98. The van der Waals surface area contributed by atoms with E-state index >= 15 is 0 Å². The summed E-state index contributed by atoms with van der Waals surface area (Å²) in [5.74, 6) is 0.874. The lowest BCUT2D eigenvalue weighted by Crippen LogP contribution is -2.34. The quantitative estimate of drug-likeness (QED) is 0.881. The molecule has 1 aliphatic heterocycles. The van der Waals surface area contributed by atoms with E-state index in [0.717, 1.165) is 36.4 Å². The van der Waals surface area contributed by atoms with Gasteiger partial charge in [-0.2, -0.15) is 0 Å². The highest BCUT2D eigenvalue weighted by molar-refractivity contribution is 5.72. The van der Waals surface area contributed by atoms with Gasteiger partial charge in [0.25, 0.3) is 0 Å². The molecule has 2 aromatic rings. The Morgan fingerprint density at radius 1 is 1.29 bits per heavy atom. The molecule has 1 unspecified atom stereocenters. The Bertz CT molecular complexity index is 453. The zero-order chi connectivity index (χ0) is 11.5. The molecular weight excluding hydrogens is 212 g/mol. The van der Waals surface area contributed by atoms with Crippen molar-refractivity contribution in [1.82, 2.24) is 10.3 Å². The van der Waals surface area contributed by atoms with Crippen molar-refractivity contribution in [3.63, 3.8) is 0 Å². The van der Waals surface area contributed by atoms with Crippen molar-refractivity contribution in [1.29, 1.82) is 0 Å². The molecule has 2 heterocycles. The summed E-state index contributed by atoms with van der Waals surface area (Å²) in [6, 6.07) is 8.61. The number of hydrogen-bond donors (Lipinski definition) is 1. The first-order valence-electron chi connectivity index (χ1n) is 6.50. The maximum atomic E-state index is 5.72. The van der Waals surface area contributed by atoms with Crippen LogP contribution in [0.1, 0.15) is 31.6 Å². The molecule has 0 saturated carbocycles. The average molecular weight is 230 g/mol. The van der Waals surface area contributed by atoms with E-state index in [1.165, 1.54) is 19.3 Å². The number of benzene rings is 1. The molecule has 1 fully saturated rings. The highest BCUT2D eigenvalue weighted by atomic mass is 16.3. The Balaban J connectivity index is 1.64. The van der Waals surface area contributed by atoms with E-state index in [0.29, 0.717) is 6.04 Å². The number of aromatic nitrogens is 1. The molecule has 0 aliphatic carbocycles. The van der Waals surface area contributed by atoms with E-state index in [4.69, 9.17) is 4.42 Å². The van der Waals surface area contributed by atoms with Gasteiger partial charge in [0.1, 0.15) is 5.52 Å². The van der Waals surface area contributed by atoms with Gasteiger partial charge in [-0.05, 0) is 37.9 Å². The summed E-state index contributed by atoms with van der Waals surface area (Å²) in [7, 11) is 0. The summed E-state index contributed by atoms with van der Waals surface area (Å²) < 4.78 is 5.72. The van der Waals surface area contributed by atoms with Crippen molar-refractivity contribution in [2.24, 2.45) is 0 Å². The summed E-state index contributed by atoms with van der Waals surface area (Å²) in [4.78, 5) is 4.50. The van der Waals surface area contributed by atoms with Crippen LogP contribution in [0.2, 0.25) is 0 Å². The van der Waals surface area contributed by atoms with Gasteiger partial charge >= 0.3 is 0 Å². The summed E-state index contributed by atoms with van der Waals surface area (Å²) >= 11 is 0. The first-order valence-corrected chi connectivity index (χ1v) is 6.50. The monoisotopic (exact) mass is 230 g/mol. The Labute approximate surface area is 101 Å².